The third kappa shape index (κ3) is 3.94. The maximum Gasteiger partial charge on any atom is 0.257 e. The number of nitrogens with one attached hydrogen (secondary N) is 1. The molecule has 3 aromatic rings. The summed E-state index contributed by atoms with van der Waals surface area (Å²) in [5.41, 5.74) is 2.92. The summed E-state index contributed by atoms with van der Waals surface area (Å²) < 4.78 is 0. The number of thiazole rings is 2. The van der Waals surface area contributed by atoms with Crippen LogP contribution in [0.3, 0.4) is 0 Å². The maximum absolute atomic E-state index is 12.4. The number of hydrogen-bond acceptors (Lipinski definition) is 6. The van der Waals surface area contributed by atoms with Gasteiger partial charge in [-0.1, -0.05) is 0 Å². The van der Waals surface area contributed by atoms with E-state index in [0.717, 1.165) is 39.9 Å². The van der Waals surface area contributed by atoms with E-state index < -0.39 is 0 Å². The average molecular weight is 388 g/mol. The van der Waals surface area contributed by atoms with Crippen LogP contribution in [0.15, 0.2) is 34.5 Å². The third-order valence-electron chi connectivity index (χ3n) is 3.99. The van der Waals surface area contributed by atoms with Crippen molar-refractivity contribution in [2.75, 3.05) is 5.32 Å². The normalized spacial score (nSPS) is 13.0. The van der Waals surface area contributed by atoms with Crippen LogP contribution >= 0.6 is 34.4 Å². The zero-order chi connectivity index (χ0) is 17.2. The highest BCUT2D eigenvalue weighted by Crippen LogP contribution is 2.30. The Bertz CT molecular complexity index is 877. The lowest BCUT2D eigenvalue weighted by Gasteiger charge is -2.04. The molecule has 0 aliphatic heterocycles. The molecule has 1 N–H and O–H groups in total. The van der Waals surface area contributed by atoms with E-state index in [0.29, 0.717) is 10.7 Å². The van der Waals surface area contributed by atoms with Crippen LogP contribution in [0.4, 0.5) is 5.13 Å². The van der Waals surface area contributed by atoms with E-state index in [2.05, 4.69) is 20.7 Å². The summed E-state index contributed by atoms with van der Waals surface area (Å²) in [4.78, 5) is 23.8. The lowest BCUT2D eigenvalue weighted by molar-refractivity contribution is 0.102. The highest BCUT2D eigenvalue weighted by molar-refractivity contribution is 7.98. The van der Waals surface area contributed by atoms with Crippen molar-refractivity contribution in [2.24, 2.45) is 0 Å². The molecule has 128 valence electrons. The SMILES string of the molecule is Cc1nc(CSc2ccc(C(=O)Nc3nc4c(s3)CCC4)cc2)cs1. The molecule has 1 aromatic carbocycles. The Morgan fingerprint density at radius 3 is 2.80 bits per heavy atom. The van der Waals surface area contributed by atoms with Gasteiger partial charge in [0.05, 0.1) is 16.4 Å². The molecule has 1 aliphatic carbocycles. The van der Waals surface area contributed by atoms with Crippen molar-refractivity contribution >= 4 is 45.5 Å². The minimum Gasteiger partial charge on any atom is -0.298 e. The molecule has 0 fully saturated rings. The van der Waals surface area contributed by atoms with Gasteiger partial charge in [0, 0.05) is 26.5 Å². The predicted octanol–water partition coefficient (Wildman–Crippen LogP) is 4.94. The zero-order valence-corrected chi connectivity index (χ0v) is 16.2. The molecule has 4 nitrogen and oxygen atoms in total. The topological polar surface area (TPSA) is 54.9 Å². The van der Waals surface area contributed by atoms with Crippen molar-refractivity contribution in [3.05, 3.63) is 56.5 Å². The standard InChI is InChI=1S/C18H17N3OS3/c1-11-19-13(9-23-11)10-24-14-7-5-12(6-8-14)17(22)21-18-20-15-3-2-4-16(15)25-18/h5-9H,2-4,10H2,1H3,(H,20,21,22). The van der Waals surface area contributed by atoms with Crippen LogP contribution in [0, 0.1) is 6.92 Å². The van der Waals surface area contributed by atoms with Crippen molar-refractivity contribution in [1.29, 1.82) is 0 Å². The lowest BCUT2D eigenvalue weighted by atomic mass is 10.2. The Morgan fingerprint density at radius 2 is 2.08 bits per heavy atom. The Balaban J connectivity index is 1.36. The molecule has 1 aliphatic rings. The Morgan fingerprint density at radius 1 is 1.24 bits per heavy atom. The molecule has 0 bridgehead atoms. The summed E-state index contributed by atoms with van der Waals surface area (Å²) in [6, 6.07) is 7.71. The van der Waals surface area contributed by atoms with Gasteiger partial charge in [0.1, 0.15) is 0 Å². The third-order valence-corrected chi connectivity index (χ3v) is 6.93. The van der Waals surface area contributed by atoms with Gasteiger partial charge < -0.3 is 0 Å². The van der Waals surface area contributed by atoms with Gasteiger partial charge >= 0.3 is 0 Å². The van der Waals surface area contributed by atoms with Crippen LogP contribution in [0.25, 0.3) is 0 Å². The van der Waals surface area contributed by atoms with Crippen molar-refractivity contribution in [1.82, 2.24) is 9.97 Å². The van der Waals surface area contributed by atoms with Gasteiger partial charge in [-0.25, -0.2) is 9.97 Å². The van der Waals surface area contributed by atoms with Crippen molar-refractivity contribution < 1.29 is 4.79 Å². The molecule has 2 heterocycles. The van der Waals surface area contributed by atoms with Crippen molar-refractivity contribution in [3.8, 4) is 0 Å². The number of benzene rings is 1. The first-order chi connectivity index (χ1) is 12.2. The number of aryl methyl sites for hydroxylation is 3. The van der Waals surface area contributed by atoms with Crippen LogP contribution in [-0.2, 0) is 18.6 Å². The number of anilines is 1. The zero-order valence-electron chi connectivity index (χ0n) is 13.7. The number of fused-ring (bicyclic) bond motifs is 1. The molecule has 0 saturated carbocycles. The largest absolute Gasteiger partial charge is 0.298 e. The summed E-state index contributed by atoms with van der Waals surface area (Å²) in [6.07, 6.45) is 3.31. The van der Waals surface area contributed by atoms with Crippen molar-refractivity contribution in [3.63, 3.8) is 0 Å². The highest BCUT2D eigenvalue weighted by Gasteiger charge is 2.18. The molecular weight excluding hydrogens is 370 g/mol. The number of nitrogens with zero attached hydrogens (tertiary/aromatic N) is 2. The molecule has 2 aromatic heterocycles. The van der Waals surface area contributed by atoms with E-state index >= 15 is 0 Å². The minimum atomic E-state index is -0.0981. The second-order valence-electron chi connectivity index (χ2n) is 5.87. The number of aromatic nitrogens is 2. The molecular formula is C18H17N3OS3. The predicted molar refractivity (Wildman–Crippen MR) is 105 cm³/mol. The van der Waals surface area contributed by atoms with Crippen molar-refractivity contribution in [2.45, 2.75) is 36.8 Å². The number of hydrogen-bond donors (Lipinski definition) is 1. The highest BCUT2D eigenvalue weighted by atomic mass is 32.2. The van der Waals surface area contributed by atoms with Gasteiger partial charge in [0.2, 0.25) is 0 Å². The van der Waals surface area contributed by atoms with E-state index in [1.54, 1.807) is 34.4 Å². The second kappa shape index (κ2) is 7.27. The van der Waals surface area contributed by atoms with E-state index in [-0.39, 0.29) is 5.91 Å². The molecule has 4 rings (SSSR count). The summed E-state index contributed by atoms with van der Waals surface area (Å²) in [5, 5.41) is 6.82. The molecule has 25 heavy (non-hydrogen) atoms. The minimum absolute atomic E-state index is 0.0981. The number of thioether (sulfide) groups is 1. The van der Waals surface area contributed by atoms with Gasteiger partial charge in [-0.3, -0.25) is 10.1 Å². The van der Waals surface area contributed by atoms with Gasteiger partial charge in [0.25, 0.3) is 5.91 Å². The number of rotatable bonds is 5. The monoisotopic (exact) mass is 387 g/mol. The second-order valence-corrected chi connectivity index (χ2v) is 9.06. The van der Waals surface area contributed by atoms with Crippen LogP contribution in [-0.4, -0.2) is 15.9 Å². The fraction of sp³-hybridized carbons (Fsp3) is 0.278. The number of carbonyl (C=O) groups is 1. The molecule has 0 radical (unpaired) electrons. The molecule has 7 heteroatoms. The van der Waals surface area contributed by atoms with Gasteiger partial charge in [-0.2, -0.15) is 0 Å². The van der Waals surface area contributed by atoms with Crippen LogP contribution in [0.5, 0.6) is 0 Å². The molecule has 0 atom stereocenters. The van der Waals surface area contributed by atoms with E-state index in [9.17, 15) is 4.79 Å². The van der Waals surface area contributed by atoms with Crippen LogP contribution in [0.1, 0.15) is 38.1 Å². The fourth-order valence-electron chi connectivity index (χ4n) is 2.75. The first-order valence-electron chi connectivity index (χ1n) is 8.11. The van der Waals surface area contributed by atoms with Gasteiger partial charge in [-0.15, -0.1) is 34.4 Å². The first kappa shape index (κ1) is 16.8. The summed E-state index contributed by atoms with van der Waals surface area (Å²) >= 11 is 5.00. The van der Waals surface area contributed by atoms with Gasteiger partial charge in [0.15, 0.2) is 5.13 Å². The Kier molecular flexibility index (Phi) is 4.87. The maximum atomic E-state index is 12.4. The van der Waals surface area contributed by atoms with E-state index in [1.807, 2.05) is 31.2 Å². The van der Waals surface area contributed by atoms with E-state index in [1.165, 1.54) is 11.3 Å². The number of amides is 1. The van der Waals surface area contributed by atoms with Gasteiger partial charge in [-0.05, 0) is 50.5 Å². The Labute approximate surface area is 158 Å². The fourth-order valence-corrected chi connectivity index (χ4v) is 5.30. The average Bonchev–Trinajstić information content (AvgIpc) is 3.30. The molecule has 1 amide bonds. The van der Waals surface area contributed by atoms with E-state index in [4.69, 9.17) is 0 Å². The summed E-state index contributed by atoms with van der Waals surface area (Å²) in [7, 11) is 0. The van der Waals surface area contributed by atoms with Crippen LogP contribution < -0.4 is 5.32 Å². The summed E-state index contributed by atoms with van der Waals surface area (Å²) in [6.45, 7) is 2.02. The Hall–Kier alpha value is -1.70. The molecule has 0 saturated heterocycles. The quantitative estimate of drug-likeness (QED) is 0.630. The smallest absolute Gasteiger partial charge is 0.257 e. The first-order valence-corrected chi connectivity index (χ1v) is 10.8. The lowest BCUT2D eigenvalue weighted by Crippen LogP contribution is -2.11. The molecule has 0 unspecified atom stereocenters. The molecule has 0 spiro atoms. The van der Waals surface area contributed by atoms with Crippen LogP contribution in [0.2, 0.25) is 0 Å². The summed E-state index contributed by atoms with van der Waals surface area (Å²) in [5.74, 6) is 0.750. The number of carbonyl (C=O) groups excluding carboxylic acids is 1.